The van der Waals surface area contributed by atoms with Crippen molar-refractivity contribution in [1.82, 2.24) is 0 Å². The molecule has 3 aliphatic heterocycles. The van der Waals surface area contributed by atoms with E-state index in [0.717, 1.165) is 5.56 Å². The Kier molecular flexibility index (Phi) is 4.38. The summed E-state index contributed by atoms with van der Waals surface area (Å²) >= 11 is 0. The van der Waals surface area contributed by atoms with Crippen LogP contribution in [0.1, 0.15) is 33.3 Å². The van der Waals surface area contributed by atoms with E-state index in [2.05, 4.69) is 0 Å². The SMILES string of the molecule is CC1(C)O[C@H]2O[C@H]([C@@H]3COC(C)(C)O3)[C@@H](OCc3ccccc3)[C@H]2O1. The fraction of sp³-hybridized carbons (Fsp3) is 0.684. The first-order valence-electron chi connectivity index (χ1n) is 8.81. The molecule has 1 aromatic rings. The Morgan fingerprint density at radius 3 is 2.40 bits per heavy atom. The molecular weight excluding hydrogens is 324 g/mol. The van der Waals surface area contributed by atoms with Crippen LogP contribution in [-0.4, -0.2) is 48.9 Å². The van der Waals surface area contributed by atoms with Crippen LogP contribution in [0.2, 0.25) is 0 Å². The zero-order chi connectivity index (χ0) is 17.7. The van der Waals surface area contributed by atoms with E-state index >= 15 is 0 Å². The maximum absolute atomic E-state index is 6.22. The van der Waals surface area contributed by atoms with Gasteiger partial charge in [0.05, 0.1) is 13.2 Å². The van der Waals surface area contributed by atoms with Gasteiger partial charge < -0.3 is 28.4 Å². The maximum atomic E-state index is 6.22. The summed E-state index contributed by atoms with van der Waals surface area (Å²) < 4.78 is 36.0. The number of ether oxygens (including phenoxy) is 6. The normalized spacial score (nSPS) is 38.8. The lowest BCUT2D eigenvalue weighted by Gasteiger charge is -2.29. The fourth-order valence-electron chi connectivity index (χ4n) is 3.64. The Morgan fingerprint density at radius 1 is 0.960 bits per heavy atom. The van der Waals surface area contributed by atoms with Crippen molar-refractivity contribution in [2.45, 2.75) is 76.6 Å². The molecule has 0 saturated carbocycles. The first-order chi connectivity index (χ1) is 11.8. The molecule has 25 heavy (non-hydrogen) atoms. The van der Waals surface area contributed by atoms with Gasteiger partial charge in [0.1, 0.15) is 24.4 Å². The average Bonchev–Trinajstić information content (AvgIpc) is 3.15. The molecule has 3 aliphatic rings. The second-order valence-electron chi connectivity index (χ2n) is 7.70. The van der Waals surface area contributed by atoms with E-state index < -0.39 is 17.9 Å². The third kappa shape index (κ3) is 3.60. The quantitative estimate of drug-likeness (QED) is 0.832. The molecule has 0 aromatic heterocycles. The van der Waals surface area contributed by atoms with Crippen molar-refractivity contribution in [2.24, 2.45) is 0 Å². The Hall–Kier alpha value is -1.02. The van der Waals surface area contributed by atoms with Gasteiger partial charge in [0.25, 0.3) is 0 Å². The lowest BCUT2D eigenvalue weighted by molar-refractivity contribution is -0.236. The molecule has 0 aliphatic carbocycles. The van der Waals surface area contributed by atoms with Crippen molar-refractivity contribution in [3.05, 3.63) is 35.9 Å². The molecular formula is C19H26O6. The molecule has 0 amide bonds. The van der Waals surface area contributed by atoms with Crippen LogP contribution in [0.15, 0.2) is 30.3 Å². The van der Waals surface area contributed by atoms with Crippen LogP contribution in [0, 0.1) is 0 Å². The van der Waals surface area contributed by atoms with E-state index in [1.807, 2.05) is 58.0 Å². The highest BCUT2D eigenvalue weighted by atomic mass is 16.8. The molecule has 5 atom stereocenters. The monoisotopic (exact) mass is 350 g/mol. The number of rotatable bonds is 4. The van der Waals surface area contributed by atoms with Crippen molar-refractivity contribution < 1.29 is 28.4 Å². The van der Waals surface area contributed by atoms with Gasteiger partial charge in [-0.05, 0) is 33.3 Å². The molecule has 4 rings (SSSR count). The van der Waals surface area contributed by atoms with E-state index in [9.17, 15) is 0 Å². The second kappa shape index (κ2) is 6.30. The molecule has 6 heteroatoms. The topological polar surface area (TPSA) is 55.4 Å². The third-order valence-corrected chi connectivity index (χ3v) is 4.71. The molecule has 1 aromatic carbocycles. The van der Waals surface area contributed by atoms with Crippen LogP contribution in [0.3, 0.4) is 0 Å². The predicted molar refractivity (Wildman–Crippen MR) is 88.6 cm³/mol. The Labute approximate surface area is 148 Å². The standard InChI is InChI=1S/C19H26O6/c1-18(2)21-11-13(23-18)14-15(20-10-12-8-6-5-7-9-12)16-17(22-14)25-19(3,4)24-16/h5-9,13-17H,10-11H2,1-4H3/t13-,14+,15+,16+,17+/m0/s1. The Balaban J connectivity index is 1.50. The van der Waals surface area contributed by atoms with Crippen molar-refractivity contribution in [3.8, 4) is 0 Å². The minimum Gasteiger partial charge on any atom is -0.368 e. The number of hydrogen-bond acceptors (Lipinski definition) is 6. The molecule has 3 fully saturated rings. The summed E-state index contributed by atoms with van der Waals surface area (Å²) in [6.07, 6.45) is -1.52. The molecule has 138 valence electrons. The maximum Gasteiger partial charge on any atom is 0.190 e. The molecule has 3 heterocycles. The van der Waals surface area contributed by atoms with E-state index in [0.29, 0.717) is 13.2 Å². The molecule has 0 spiro atoms. The highest BCUT2D eigenvalue weighted by Gasteiger charge is 2.58. The van der Waals surface area contributed by atoms with Gasteiger partial charge in [-0.25, -0.2) is 0 Å². The van der Waals surface area contributed by atoms with Gasteiger partial charge in [0, 0.05) is 0 Å². The number of hydrogen-bond donors (Lipinski definition) is 0. The second-order valence-corrected chi connectivity index (χ2v) is 7.70. The van der Waals surface area contributed by atoms with Crippen LogP contribution < -0.4 is 0 Å². The molecule has 6 nitrogen and oxygen atoms in total. The summed E-state index contributed by atoms with van der Waals surface area (Å²) in [5.74, 6) is -1.29. The van der Waals surface area contributed by atoms with Crippen LogP contribution in [0.5, 0.6) is 0 Å². The minimum atomic E-state index is -0.680. The summed E-state index contributed by atoms with van der Waals surface area (Å²) in [4.78, 5) is 0. The van der Waals surface area contributed by atoms with Gasteiger partial charge in [0.2, 0.25) is 0 Å². The largest absolute Gasteiger partial charge is 0.368 e. The van der Waals surface area contributed by atoms with Crippen molar-refractivity contribution in [1.29, 1.82) is 0 Å². The first-order valence-corrected chi connectivity index (χ1v) is 8.81. The van der Waals surface area contributed by atoms with Crippen LogP contribution in [-0.2, 0) is 35.0 Å². The molecule has 0 radical (unpaired) electrons. The number of benzene rings is 1. The van der Waals surface area contributed by atoms with Crippen LogP contribution in [0.4, 0.5) is 0 Å². The Bertz CT molecular complexity index is 601. The number of fused-ring (bicyclic) bond motifs is 1. The smallest absolute Gasteiger partial charge is 0.190 e. The van der Waals surface area contributed by atoms with E-state index in [1.165, 1.54) is 0 Å². The summed E-state index contributed by atoms with van der Waals surface area (Å²) in [6, 6.07) is 10.1. The van der Waals surface area contributed by atoms with Gasteiger partial charge >= 0.3 is 0 Å². The predicted octanol–water partition coefficient (Wildman–Crippen LogP) is 2.60. The summed E-state index contributed by atoms with van der Waals surface area (Å²) in [7, 11) is 0. The summed E-state index contributed by atoms with van der Waals surface area (Å²) in [5.41, 5.74) is 1.10. The van der Waals surface area contributed by atoms with Gasteiger partial charge in [0.15, 0.2) is 17.9 Å². The highest BCUT2D eigenvalue weighted by Crippen LogP contribution is 2.42. The van der Waals surface area contributed by atoms with Crippen molar-refractivity contribution in [2.75, 3.05) is 6.61 Å². The van der Waals surface area contributed by atoms with E-state index in [-0.39, 0.29) is 24.4 Å². The average molecular weight is 350 g/mol. The lowest BCUT2D eigenvalue weighted by atomic mass is 10.1. The van der Waals surface area contributed by atoms with Crippen molar-refractivity contribution >= 4 is 0 Å². The lowest BCUT2D eigenvalue weighted by Crippen LogP contribution is -2.44. The molecule has 0 N–H and O–H groups in total. The van der Waals surface area contributed by atoms with Crippen molar-refractivity contribution in [3.63, 3.8) is 0 Å². The molecule has 0 bridgehead atoms. The van der Waals surface area contributed by atoms with Gasteiger partial charge in [-0.15, -0.1) is 0 Å². The highest BCUT2D eigenvalue weighted by molar-refractivity contribution is 5.13. The molecule has 3 saturated heterocycles. The van der Waals surface area contributed by atoms with E-state index in [1.54, 1.807) is 0 Å². The molecule has 0 unspecified atom stereocenters. The minimum absolute atomic E-state index is 0.211. The van der Waals surface area contributed by atoms with E-state index in [4.69, 9.17) is 28.4 Å². The summed E-state index contributed by atoms with van der Waals surface area (Å²) in [6.45, 7) is 8.52. The van der Waals surface area contributed by atoms with Gasteiger partial charge in [-0.3, -0.25) is 0 Å². The summed E-state index contributed by atoms with van der Waals surface area (Å²) in [5, 5.41) is 0. The van der Waals surface area contributed by atoms with Gasteiger partial charge in [-0.1, -0.05) is 30.3 Å². The first kappa shape index (κ1) is 17.4. The fourth-order valence-corrected chi connectivity index (χ4v) is 3.64. The van der Waals surface area contributed by atoms with Crippen LogP contribution in [0.25, 0.3) is 0 Å². The Morgan fingerprint density at radius 2 is 1.72 bits per heavy atom. The van der Waals surface area contributed by atoms with Gasteiger partial charge in [-0.2, -0.15) is 0 Å². The zero-order valence-electron chi connectivity index (χ0n) is 15.1. The zero-order valence-corrected chi connectivity index (χ0v) is 15.1. The third-order valence-electron chi connectivity index (χ3n) is 4.71. The van der Waals surface area contributed by atoms with Crippen LogP contribution >= 0.6 is 0 Å².